The Morgan fingerprint density at radius 1 is 1.30 bits per heavy atom. The van der Waals surface area contributed by atoms with Crippen molar-refractivity contribution in [2.75, 3.05) is 0 Å². The van der Waals surface area contributed by atoms with Crippen molar-refractivity contribution in [3.05, 3.63) is 60.0 Å². The predicted molar refractivity (Wildman–Crippen MR) is 85.7 cm³/mol. The van der Waals surface area contributed by atoms with Gasteiger partial charge in [0.1, 0.15) is 0 Å². The van der Waals surface area contributed by atoms with Gasteiger partial charge in [0.2, 0.25) is 0 Å². The molecule has 2 heterocycles. The fourth-order valence-electron chi connectivity index (χ4n) is 2.25. The summed E-state index contributed by atoms with van der Waals surface area (Å²) in [7, 11) is 0. The third-order valence-electron chi connectivity index (χ3n) is 3.58. The number of carbonyl (C=O) groups excluding carboxylic acids is 1. The van der Waals surface area contributed by atoms with Crippen molar-refractivity contribution in [3.8, 4) is 11.3 Å². The highest BCUT2D eigenvalue weighted by molar-refractivity contribution is 5.93. The first-order valence-corrected chi connectivity index (χ1v) is 7.53. The molecular formula is C17H18N4O2. The zero-order chi connectivity index (χ0) is 16.2. The Kier molecular flexibility index (Phi) is 4.23. The lowest BCUT2D eigenvalue weighted by Crippen LogP contribution is -2.27. The summed E-state index contributed by atoms with van der Waals surface area (Å²) in [5.41, 5.74) is 1.95. The van der Waals surface area contributed by atoms with Crippen molar-refractivity contribution in [1.82, 2.24) is 20.3 Å². The minimum Gasteiger partial charge on any atom is -0.355 e. The number of hydrogen-bond acceptors (Lipinski definition) is 4. The number of benzene rings is 1. The highest BCUT2D eigenvalue weighted by Gasteiger charge is 2.17. The first kappa shape index (κ1) is 15.0. The lowest BCUT2D eigenvalue weighted by Gasteiger charge is -2.09. The number of hydrogen-bond donors (Lipinski definition) is 1. The molecule has 3 rings (SSSR count). The molecule has 0 aliphatic carbocycles. The zero-order valence-electron chi connectivity index (χ0n) is 13.1. The van der Waals surface area contributed by atoms with Gasteiger partial charge in [0.25, 0.3) is 5.91 Å². The van der Waals surface area contributed by atoms with Crippen LogP contribution in [-0.2, 0) is 6.54 Å². The number of nitrogens with zero attached hydrogens (tertiary/aromatic N) is 3. The van der Waals surface area contributed by atoms with Crippen LogP contribution in [0, 0.1) is 0 Å². The molecule has 6 heteroatoms. The van der Waals surface area contributed by atoms with E-state index in [2.05, 4.69) is 15.6 Å². The van der Waals surface area contributed by atoms with Gasteiger partial charge in [0.15, 0.2) is 11.5 Å². The summed E-state index contributed by atoms with van der Waals surface area (Å²) in [5.74, 6) is 0.285. The van der Waals surface area contributed by atoms with Crippen molar-refractivity contribution < 1.29 is 9.32 Å². The van der Waals surface area contributed by atoms with Crippen LogP contribution in [-0.4, -0.2) is 20.8 Å². The van der Waals surface area contributed by atoms with Gasteiger partial charge in [-0.15, -0.1) is 0 Å². The van der Waals surface area contributed by atoms with E-state index in [1.54, 1.807) is 6.07 Å². The topological polar surface area (TPSA) is 73.0 Å². The first-order chi connectivity index (χ1) is 11.2. The molecule has 1 atom stereocenters. The van der Waals surface area contributed by atoms with E-state index in [0.717, 1.165) is 17.8 Å². The SMILES string of the molecule is CCn1ccc(C(C)NC(=O)c2cc(-c3ccccc3)on2)n1. The Balaban J connectivity index is 1.70. The highest BCUT2D eigenvalue weighted by atomic mass is 16.5. The van der Waals surface area contributed by atoms with Crippen molar-refractivity contribution >= 4 is 5.91 Å². The van der Waals surface area contributed by atoms with Gasteiger partial charge in [0, 0.05) is 24.4 Å². The van der Waals surface area contributed by atoms with Gasteiger partial charge >= 0.3 is 0 Å². The molecule has 0 radical (unpaired) electrons. The molecule has 0 saturated carbocycles. The standard InChI is InChI=1S/C17H18N4O2/c1-3-21-10-9-14(19-21)12(2)18-17(22)15-11-16(23-20-15)13-7-5-4-6-8-13/h4-12H,3H2,1-2H3,(H,18,22). The quantitative estimate of drug-likeness (QED) is 0.786. The van der Waals surface area contributed by atoms with Crippen LogP contribution in [0.2, 0.25) is 0 Å². The molecule has 2 aromatic heterocycles. The fourth-order valence-corrected chi connectivity index (χ4v) is 2.25. The van der Waals surface area contributed by atoms with Crippen molar-refractivity contribution in [1.29, 1.82) is 0 Å². The summed E-state index contributed by atoms with van der Waals surface area (Å²) in [4.78, 5) is 12.3. The normalized spacial score (nSPS) is 12.1. The molecule has 1 N–H and O–H groups in total. The van der Waals surface area contributed by atoms with Crippen LogP contribution in [0.15, 0.2) is 53.2 Å². The van der Waals surface area contributed by atoms with Crippen molar-refractivity contribution in [3.63, 3.8) is 0 Å². The van der Waals surface area contributed by atoms with E-state index in [1.165, 1.54) is 0 Å². The van der Waals surface area contributed by atoms with E-state index in [9.17, 15) is 4.79 Å². The average molecular weight is 310 g/mol. The van der Waals surface area contributed by atoms with Crippen LogP contribution in [0.25, 0.3) is 11.3 Å². The molecule has 0 aliphatic heterocycles. The van der Waals surface area contributed by atoms with Crippen LogP contribution in [0.3, 0.4) is 0 Å². The molecule has 0 aliphatic rings. The second-order valence-electron chi connectivity index (χ2n) is 5.23. The Morgan fingerprint density at radius 2 is 2.09 bits per heavy atom. The zero-order valence-corrected chi connectivity index (χ0v) is 13.1. The molecule has 0 fully saturated rings. The van der Waals surface area contributed by atoms with E-state index in [1.807, 2.05) is 61.1 Å². The molecule has 118 valence electrons. The summed E-state index contributed by atoms with van der Waals surface area (Å²) >= 11 is 0. The molecule has 6 nitrogen and oxygen atoms in total. The number of nitrogens with one attached hydrogen (secondary N) is 1. The highest BCUT2D eigenvalue weighted by Crippen LogP contribution is 2.20. The van der Waals surface area contributed by atoms with Gasteiger partial charge in [-0.25, -0.2) is 0 Å². The minimum atomic E-state index is -0.283. The Bertz CT molecular complexity index is 792. The summed E-state index contributed by atoms with van der Waals surface area (Å²) < 4.78 is 7.07. The minimum absolute atomic E-state index is 0.202. The first-order valence-electron chi connectivity index (χ1n) is 7.53. The second kappa shape index (κ2) is 6.48. The van der Waals surface area contributed by atoms with Gasteiger partial charge < -0.3 is 9.84 Å². The largest absolute Gasteiger partial charge is 0.355 e. The Morgan fingerprint density at radius 3 is 2.78 bits per heavy atom. The monoisotopic (exact) mass is 310 g/mol. The van der Waals surface area contributed by atoms with Crippen LogP contribution >= 0.6 is 0 Å². The van der Waals surface area contributed by atoms with Gasteiger partial charge in [0.05, 0.1) is 11.7 Å². The van der Waals surface area contributed by atoms with Crippen LogP contribution in [0.5, 0.6) is 0 Å². The van der Waals surface area contributed by atoms with E-state index in [0.29, 0.717) is 5.76 Å². The third kappa shape index (κ3) is 3.31. The lowest BCUT2D eigenvalue weighted by molar-refractivity contribution is 0.0930. The van der Waals surface area contributed by atoms with Crippen LogP contribution < -0.4 is 5.32 Å². The predicted octanol–water partition coefficient (Wildman–Crippen LogP) is 3.05. The summed E-state index contributed by atoms with van der Waals surface area (Å²) in [6.45, 7) is 4.70. The second-order valence-corrected chi connectivity index (χ2v) is 5.23. The maximum absolute atomic E-state index is 12.3. The Labute approximate surface area is 134 Å². The smallest absolute Gasteiger partial charge is 0.274 e. The maximum Gasteiger partial charge on any atom is 0.274 e. The molecule has 1 aromatic carbocycles. The number of carbonyl (C=O) groups is 1. The van der Waals surface area contributed by atoms with Crippen molar-refractivity contribution in [2.24, 2.45) is 0 Å². The van der Waals surface area contributed by atoms with Gasteiger partial charge in [-0.3, -0.25) is 9.48 Å². The molecular weight excluding hydrogens is 292 g/mol. The van der Waals surface area contributed by atoms with Gasteiger partial charge in [-0.05, 0) is 19.9 Å². The summed E-state index contributed by atoms with van der Waals surface area (Å²) in [6, 6.07) is 12.9. The molecule has 0 bridgehead atoms. The fraction of sp³-hybridized carbons (Fsp3) is 0.235. The summed E-state index contributed by atoms with van der Waals surface area (Å²) in [6.07, 6.45) is 1.89. The molecule has 1 amide bonds. The van der Waals surface area contributed by atoms with E-state index < -0.39 is 0 Å². The van der Waals surface area contributed by atoms with Crippen LogP contribution in [0.4, 0.5) is 0 Å². The molecule has 3 aromatic rings. The number of rotatable bonds is 5. The number of aryl methyl sites for hydroxylation is 1. The molecule has 0 spiro atoms. The van der Waals surface area contributed by atoms with Gasteiger partial charge in [-0.2, -0.15) is 5.10 Å². The average Bonchev–Trinajstić information content (AvgIpc) is 3.25. The molecule has 1 unspecified atom stereocenters. The third-order valence-corrected chi connectivity index (χ3v) is 3.58. The lowest BCUT2D eigenvalue weighted by atomic mass is 10.1. The number of amides is 1. The van der Waals surface area contributed by atoms with E-state index in [4.69, 9.17) is 4.52 Å². The number of aromatic nitrogens is 3. The van der Waals surface area contributed by atoms with Crippen molar-refractivity contribution in [2.45, 2.75) is 26.4 Å². The van der Waals surface area contributed by atoms with Crippen LogP contribution in [0.1, 0.15) is 36.1 Å². The van der Waals surface area contributed by atoms with E-state index >= 15 is 0 Å². The maximum atomic E-state index is 12.3. The summed E-state index contributed by atoms with van der Waals surface area (Å²) in [5, 5.41) is 11.1. The molecule has 23 heavy (non-hydrogen) atoms. The Hall–Kier alpha value is -2.89. The van der Waals surface area contributed by atoms with Gasteiger partial charge in [-0.1, -0.05) is 35.5 Å². The molecule has 0 saturated heterocycles. The van der Waals surface area contributed by atoms with E-state index in [-0.39, 0.29) is 17.6 Å².